The van der Waals surface area contributed by atoms with E-state index in [0.717, 1.165) is 32.0 Å². The van der Waals surface area contributed by atoms with Crippen molar-refractivity contribution in [1.29, 1.82) is 0 Å². The Bertz CT molecular complexity index is 415. The first-order chi connectivity index (χ1) is 8.70. The topological polar surface area (TPSA) is 74.5 Å². The number of pyridine rings is 1. The Morgan fingerprint density at radius 2 is 2.17 bits per heavy atom. The fraction of sp³-hybridized carbons (Fsp3) is 0.500. The van der Waals surface area contributed by atoms with Gasteiger partial charge in [0.15, 0.2) is 5.82 Å². The minimum absolute atomic E-state index is 0.0563. The van der Waals surface area contributed by atoms with E-state index in [1.165, 1.54) is 0 Å². The number of amides is 1. The van der Waals surface area contributed by atoms with Crippen LogP contribution in [0.4, 0.5) is 11.5 Å². The Hall–Kier alpha value is -1.82. The highest BCUT2D eigenvalue weighted by Gasteiger charge is 2.20. The normalized spacial score (nSPS) is 16.6. The van der Waals surface area contributed by atoms with E-state index in [4.69, 9.17) is 5.73 Å². The molecule has 3 N–H and O–H groups in total. The maximum absolute atomic E-state index is 11.3. The van der Waals surface area contributed by atoms with Gasteiger partial charge in [-0.2, -0.15) is 0 Å². The number of piperazine rings is 1. The van der Waals surface area contributed by atoms with Gasteiger partial charge < -0.3 is 16.0 Å². The number of carbonyl (C=O) groups is 1. The summed E-state index contributed by atoms with van der Waals surface area (Å²) >= 11 is 0. The van der Waals surface area contributed by atoms with Gasteiger partial charge in [0.05, 0.1) is 12.2 Å². The molecule has 0 radical (unpaired) electrons. The zero-order valence-corrected chi connectivity index (χ0v) is 10.6. The third-order valence-electron chi connectivity index (χ3n) is 3.13. The van der Waals surface area contributed by atoms with Crippen LogP contribution in [0.15, 0.2) is 18.3 Å². The zero-order chi connectivity index (χ0) is 13.0. The summed E-state index contributed by atoms with van der Waals surface area (Å²) in [7, 11) is 1.66. The van der Waals surface area contributed by atoms with Gasteiger partial charge in [-0.3, -0.25) is 9.69 Å². The quantitative estimate of drug-likeness (QED) is 0.757. The number of hydrogen-bond donors (Lipinski definition) is 2. The molecule has 1 aromatic heterocycles. The third kappa shape index (κ3) is 2.89. The van der Waals surface area contributed by atoms with E-state index in [0.29, 0.717) is 12.2 Å². The van der Waals surface area contributed by atoms with Gasteiger partial charge in [0.25, 0.3) is 0 Å². The maximum atomic E-state index is 11.3. The molecule has 0 unspecified atom stereocenters. The van der Waals surface area contributed by atoms with E-state index in [2.05, 4.69) is 20.1 Å². The van der Waals surface area contributed by atoms with Gasteiger partial charge in [-0.15, -0.1) is 0 Å². The van der Waals surface area contributed by atoms with Crippen molar-refractivity contribution in [3.8, 4) is 0 Å². The fourth-order valence-electron chi connectivity index (χ4n) is 2.07. The minimum Gasteiger partial charge on any atom is -0.396 e. The molecule has 6 heteroatoms. The monoisotopic (exact) mass is 249 g/mol. The molecule has 0 bridgehead atoms. The molecule has 1 aliphatic heterocycles. The molecule has 1 amide bonds. The lowest BCUT2D eigenvalue weighted by Crippen LogP contribution is -2.49. The van der Waals surface area contributed by atoms with E-state index < -0.39 is 0 Å². The summed E-state index contributed by atoms with van der Waals surface area (Å²) in [6, 6.07) is 3.69. The predicted molar refractivity (Wildman–Crippen MR) is 71.4 cm³/mol. The van der Waals surface area contributed by atoms with Crippen LogP contribution < -0.4 is 16.0 Å². The third-order valence-corrected chi connectivity index (χ3v) is 3.13. The van der Waals surface area contributed by atoms with Crippen LogP contribution in [0.25, 0.3) is 0 Å². The number of nitrogens with two attached hydrogens (primary N) is 1. The number of likely N-dealkylation sites (N-methyl/N-ethyl adjacent to an activating group) is 1. The first-order valence-electron chi connectivity index (χ1n) is 6.09. The van der Waals surface area contributed by atoms with Crippen LogP contribution in [0.5, 0.6) is 0 Å². The molecule has 0 aliphatic carbocycles. The van der Waals surface area contributed by atoms with E-state index in [9.17, 15) is 4.79 Å². The fourth-order valence-corrected chi connectivity index (χ4v) is 2.07. The number of nitrogens with one attached hydrogen (secondary N) is 1. The van der Waals surface area contributed by atoms with Crippen molar-refractivity contribution in [3.05, 3.63) is 18.3 Å². The standard InChI is InChI=1S/C12H19N5O/c1-14-11(18)9-16-5-7-17(8-6-16)12-10(13)3-2-4-15-12/h2-4H,5-9,13H2,1H3,(H,14,18). The molecule has 18 heavy (non-hydrogen) atoms. The van der Waals surface area contributed by atoms with Gasteiger partial charge >= 0.3 is 0 Å². The predicted octanol–water partition coefficient (Wildman–Crippen LogP) is -0.468. The highest BCUT2D eigenvalue weighted by atomic mass is 16.1. The number of nitrogen functional groups attached to an aromatic ring is 1. The molecule has 0 spiro atoms. The van der Waals surface area contributed by atoms with Gasteiger partial charge in [0.1, 0.15) is 0 Å². The van der Waals surface area contributed by atoms with Crippen LogP contribution in [0, 0.1) is 0 Å². The molecule has 0 saturated carbocycles. The van der Waals surface area contributed by atoms with Gasteiger partial charge in [0.2, 0.25) is 5.91 Å². The second-order valence-electron chi connectivity index (χ2n) is 4.35. The lowest BCUT2D eigenvalue weighted by atomic mass is 10.3. The van der Waals surface area contributed by atoms with Crippen LogP contribution in [-0.4, -0.2) is 55.6 Å². The van der Waals surface area contributed by atoms with Crippen molar-refractivity contribution in [1.82, 2.24) is 15.2 Å². The van der Waals surface area contributed by atoms with Crippen LogP contribution in [0.1, 0.15) is 0 Å². The molecule has 1 fully saturated rings. The van der Waals surface area contributed by atoms with E-state index in [-0.39, 0.29) is 5.91 Å². The minimum atomic E-state index is 0.0563. The summed E-state index contributed by atoms with van der Waals surface area (Å²) in [5, 5.41) is 2.64. The van der Waals surface area contributed by atoms with Crippen LogP contribution in [0.2, 0.25) is 0 Å². The summed E-state index contributed by atoms with van der Waals surface area (Å²) < 4.78 is 0. The number of carbonyl (C=O) groups excluding carboxylic acids is 1. The molecule has 1 aromatic rings. The molecule has 1 aliphatic rings. The highest BCUT2D eigenvalue weighted by molar-refractivity contribution is 5.77. The second kappa shape index (κ2) is 5.68. The van der Waals surface area contributed by atoms with Gasteiger partial charge in [-0.05, 0) is 12.1 Å². The summed E-state index contributed by atoms with van der Waals surface area (Å²) in [6.07, 6.45) is 1.75. The smallest absolute Gasteiger partial charge is 0.233 e. The molecule has 98 valence electrons. The molecule has 2 heterocycles. The Morgan fingerprint density at radius 3 is 2.78 bits per heavy atom. The molecule has 6 nitrogen and oxygen atoms in total. The Balaban J connectivity index is 1.91. The van der Waals surface area contributed by atoms with Gasteiger partial charge in [-0.1, -0.05) is 0 Å². The number of aromatic nitrogens is 1. The lowest BCUT2D eigenvalue weighted by Gasteiger charge is -2.35. The van der Waals surface area contributed by atoms with E-state index in [1.807, 2.05) is 12.1 Å². The van der Waals surface area contributed by atoms with Crippen molar-refractivity contribution in [2.45, 2.75) is 0 Å². The molecule has 0 aromatic carbocycles. The summed E-state index contributed by atoms with van der Waals surface area (Å²) in [5.41, 5.74) is 6.61. The van der Waals surface area contributed by atoms with Crippen LogP contribution in [0.3, 0.4) is 0 Å². The number of nitrogens with zero attached hydrogens (tertiary/aromatic N) is 3. The van der Waals surface area contributed by atoms with Crippen molar-refractivity contribution in [2.24, 2.45) is 0 Å². The average Bonchev–Trinajstić information content (AvgIpc) is 2.40. The Morgan fingerprint density at radius 1 is 1.44 bits per heavy atom. The second-order valence-corrected chi connectivity index (χ2v) is 4.35. The first kappa shape index (κ1) is 12.6. The summed E-state index contributed by atoms with van der Waals surface area (Å²) in [6.45, 7) is 3.85. The summed E-state index contributed by atoms with van der Waals surface area (Å²) in [4.78, 5) is 19.9. The first-order valence-corrected chi connectivity index (χ1v) is 6.09. The van der Waals surface area contributed by atoms with E-state index >= 15 is 0 Å². The van der Waals surface area contributed by atoms with Crippen LogP contribution >= 0.6 is 0 Å². The Labute approximate surface area is 107 Å². The van der Waals surface area contributed by atoms with Crippen molar-refractivity contribution >= 4 is 17.4 Å². The average molecular weight is 249 g/mol. The Kier molecular flexibility index (Phi) is 3.99. The SMILES string of the molecule is CNC(=O)CN1CCN(c2ncccc2N)CC1. The molecule has 0 atom stereocenters. The maximum Gasteiger partial charge on any atom is 0.233 e. The van der Waals surface area contributed by atoms with Crippen LogP contribution in [-0.2, 0) is 4.79 Å². The van der Waals surface area contributed by atoms with Gasteiger partial charge in [0, 0.05) is 39.4 Å². The van der Waals surface area contributed by atoms with Crippen molar-refractivity contribution in [2.75, 3.05) is 50.4 Å². The molecule has 1 saturated heterocycles. The van der Waals surface area contributed by atoms with Gasteiger partial charge in [-0.25, -0.2) is 4.98 Å². The number of hydrogen-bond acceptors (Lipinski definition) is 5. The zero-order valence-electron chi connectivity index (χ0n) is 10.6. The van der Waals surface area contributed by atoms with Crippen molar-refractivity contribution in [3.63, 3.8) is 0 Å². The highest BCUT2D eigenvalue weighted by Crippen LogP contribution is 2.20. The lowest BCUT2D eigenvalue weighted by molar-refractivity contribution is -0.121. The number of anilines is 2. The van der Waals surface area contributed by atoms with E-state index in [1.54, 1.807) is 13.2 Å². The summed E-state index contributed by atoms with van der Waals surface area (Å²) in [5.74, 6) is 0.901. The molecular weight excluding hydrogens is 230 g/mol. The molecule has 2 rings (SSSR count). The largest absolute Gasteiger partial charge is 0.396 e. The molecular formula is C12H19N5O. The number of rotatable bonds is 3. The van der Waals surface area contributed by atoms with Crippen molar-refractivity contribution < 1.29 is 4.79 Å².